The van der Waals surface area contributed by atoms with Gasteiger partial charge in [0.05, 0.1) is 23.1 Å². The maximum absolute atomic E-state index is 11.4. The number of rotatable bonds is 4. The standard InChI is InChI=1S/C18H17N5O2/c1-23-16(19)13(10-22-23)14-4-2-11(8-20-14)12-3-5-15(21-9-12)18(6-7-18)17(24)25/h2-5,8-10H,6-7,19H2,1H3,(H,24,25). The fourth-order valence-corrected chi connectivity index (χ4v) is 2.92. The van der Waals surface area contributed by atoms with Crippen molar-refractivity contribution in [2.24, 2.45) is 7.05 Å². The van der Waals surface area contributed by atoms with Crippen LogP contribution in [0.15, 0.2) is 42.9 Å². The van der Waals surface area contributed by atoms with Crippen LogP contribution in [0.5, 0.6) is 0 Å². The molecule has 0 unspecified atom stereocenters. The zero-order valence-electron chi connectivity index (χ0n) is 13.7. The molecule has 0 radical (unpaired) electrons. The molecule has 3 heterocycles. The van der Waals surface area contributed by atoms with Gasteiger partial charge in [-0.05, 0) is 25.0 Å². The zero-order valence-corrected chi connectivity index (χ0v) is 13.7. The molecule has 25 heavy (non-hydrogen) atoms. The fraction of sp³-hybridized carbons (Fsp3) is 0.222. The van der Waals surface area contributed by atoms with Crippen LogP contribution in [0, 0.1) is 0 Å². The first kappa shape index (κ1) is 15.3. The Morgan fingerprint density at radius 3 is 2.24 bits per heavy atom. The van der Waals surface area contributed by atoms with Crippen LogP contribution < -0.4 is 5.73 Å². The van der Waals surface area contributed by atoms with Crippen molar-refractivity contribution in [2.45, 2.75) is 18.3 Å². The Morgan fingerprint density at radius 1 is 1.12 bits per heavy atom. The van der Waals surface area contributed by atoms with Crippen molar-refractivity contribution in [1.82, 2.24) is 19.7 Å². The van der Waals surface area contributed by atoms with E-state index in [9.17, 15) is 9.90 Å². The summed E-state index contributed by atoms with van der Waals surface area (Å²) in [5.41, 5.74) is 9.16. The number of nitrogen functional groups attached to an aromatic ring is 1. The summed E-state index contributed by atoms with van der Waals surface area (Å²) in [6.07, 6.45) is 6.44. The summed E-state index contributed by atoms with van der Waals surface area (Å²) < 4.78 is 1.60. The van der Waals surface area contributed by atoms with E-state index in [1.807, 2.05) is 18.2 Å². The van der Waals surface area contributed by atoms with Crippen molar-refractivity contribution >= 4 is 11.8 Å². The molecule has 0 aliphatic heterocycles. The van der Waals surface area contributed by atoms with Crippen LogP contribution in [-0.4, -0.2) is 30.8 Å². The minimum absolute atomic E-state index is 0.565. The van der Waals surface area contributed by atoms with Crippen LogP contribution in [0.25, 0.3) is 22.4 Å². The molecule has 7 nitrogen and oxygen atoms in total. The highest BCUT2D eigenvalue weighted by molar-refractivity contribution is 5.84. The minimum Gasteiger partial charge on any atom is -0.481 e. The lowest BCUT2D eigenvalue weighted by Gasteiger charge is -2.10. The van der Waals surface area contributed by atoms with Crippen LogP contribution in [0.2, 0.25) is 0 Å². The fourth-order valence-electron chi connectivity index (χ4n) is 2.92. The van der Waals surface area contributed by atoms with Gasteiger partial charge in [0, 0.05) is 30.6 Å². The molecule has 1 saturated carbocycles. The van der Waals surface area contributed by atoms with E-state index >= 15 is 0 Å². The molecule has 126 valence electrons. The molecule has 3 aromatic rings. The third kappa shape index (κ3) is 2.44. The third-order valence-electron chi connectivity index (χ3n) is 4.77. The topological polar surface area (TPSA) is 107 Å². The Bertz CT molecular complexity index is 941. The molecule has 0 bridgehead atoms. The molecule has 3 aromatic heterocycles. The SMILES string of the molecule is Cn1ncc(-c2ccc(-c3ccc(C4(C(=O)O)CC4)nc3)cn2)c1N. The van der Waals surface area contributed by atoms with Gasteiger partial charge < -0.3 is 10.8 Å². The summed E-state index contributed by atoms with van der Waals surface area (Å²) in [5.74, 6) is -0.234. The molecule has 1 aliphatic rings. The molecule has 1 aliphatic carbocycles. The second-order valence-corrected chi connectivity index (χ2v) is 6.32. The van der Waals surface area contributed by atoms with Gasteiger partial charge in [-0.2, -0.15) is 5.10 Å². The summed E-state index contributed by atoms with van der Waals surface area (Å²) in [5, 5.41) is 13.5. The number of carbonyl (C=O) groups is 1. The molecule has 0 amide bonds. The Morgan fingerprint density at radius 2 is 1.80 bits per heavy atom. The predicted molar refractivity (Wildman–Crippen MR) is 92.6 cm³/mol. The Labute approximate surface area is 144 Å². The highest BCUT2D eigenvalue weighted by atomic mass is 16.4. The van der Waals surface area contributed by atoms with Crippen molar-refractivity contribution in [2.75, 3.05) is 5.73 Å². The van der Waals surface area contributed by atoms with Crippen LogP contribution in [0.1, 0.15) is 18.5 Å². The number of anilines is 1. The number of aliphatic carboxylic acids is 1. The first-order valence-electron chi connectivity index (χ1n) is 7.95. The minimum atomic E-state index is -0.798. The summed E-state index contributed by atoms with van der Waals surface area (Å²) in [6, 6.07) is 7.51. The largest absolute Gasteiger partial charge is 0.481 e. The van der Waals surface area contributed by atoms with E-state index in [1.165, 1.54) is 0 Å². The van der Waals surface area contributed by atoms with Crippen LogP contribution in [-0.2, 0) is 17.3 Å². The molecule has 0 saturated heterocycles. The quantitative estimate of drug-likeness (QED) is 0.757. The number of hydrogen-bond donors (Lipinski definition) is 2. The smallest absolute Gasteiger partial charge is 0.315 e. The lowest BCUT2D eigenvalue weighted by molar-refractivity contribution is -0.140. The highest BCUT2D eigenvalue weighted by Crippen LogP contribution is 2.47. The number of nitrogens with zero attached hydrogens (tertiary/aromatic N) is 4. The van der Waals surface area contributed by atoms with Gasteiger partial charge in [0.2, 0.25) is 0 Å². The Hall–Kier alpha value is -3.22. The summed E-state index contributed by atoms with van der Waals surface area (Å²) >= 11 is 0. The second kappa shape index (κ2) is 5.41. The summed E-state index contributed by atoms with van der Waals surface area (Å²) in [4.78, 5) is 20.2. The molecule has 4 rings (SSSR count). The van der Waals surface area contributed by atoms with E-state index in [1.54, 1.807) is 36.4 Å². The van der Waals surface area contributed by atoms with Gasteiger partial charge in [0.15, 0.2) is 0 Å². The second-order valence-electron chi connectivity index (χ2n) is 6.32. The van der Waals surface area contributed by atoms with Crippen molar-refractivity contribution < 1.29 is 9.90 Å². The lowest BCUT2D eigenvalue weighted by atomic mass is 10.0. The van der Waals surface area contributed by atoms with E-state index < -0.39 is 11.4 Å². The van der Waals surface area contributed by atoms with E-state index in [4.69, 9.17) is 5.73 Å². The normalized spacial score (nSPS) is 15.1. The maximum atomic E-state index is 11.4. The van der Waals surface area contributed by atoms with E-state index in [2.05, 4.69) is 15.1 Å². The number of aryl methyl sites for hydroxylation is 1. The number of pyridine rings is 2. The van der Waals surface area contributed by atoms with Crippen LogP contribution >= 0.6 is 0 Å². The molecular formula is C18H17N5O2. The first-order valence-corrected chi connectivity index (χ1v) is 7.95. The zero-order chi connectivity index (χ0) is 17.6. The first-order chi connectivity index (χ1) is 12.0. The molecule has 0 aromatic carbocycles. The van der Waals surface area contributed by atoms with Crippen molar-refractivity contribution in [3.63, 3.8) is 0 Å². The molecule has 0 atom stereocenters. The maximum Gasteiger partial charge on any atom is 0.315 e. The van der Waals surface area contributed by atoms with Crippen molar-refractivity contribution in [3.05, 3.63) is 48.5 Å². The van der Waals surface area contributed by atoms with Gasteiger partial charge in [0.1, 0.15) is 11.2 Å². The Balaban J connectivity index is 1.60. The van der Waals surface area contributed by atoms with E-state index in [0.717, 1.165) is 22.4 Å². The van der Waals surface area contributed by atoms with Gasteiger partial charge in [-0.1, -0.05) is 12.1 Å². The Kier molecular flexibility index (Phi) is 3.31. The van der Waals surface area contributed by atoms with Gasteiger partial charge in [-0.15, -0.1) is 0 Å². The van der Waals surface area contributed by atoms with Gasteiger partial charge in [0.25, 0.3) is 0 Å². The molecule has 3 N–H and O–H groups in total. The number of carboxylic acid groups (broad SMARTS) is 1. The summed E-state index contributed by atoms with van der Waals surface area (Å²) in [7, 11) is 1.78. The van der Waals surface area contributed by atoms with Crippen LogP contribution in [0.4, 0.5) is 5.82 Å². The van der Waals surface area contributed by atoms with Gasteiger partial charge in [-0.3, -0.25) is 19.4 Å². The average Bonchev–Trinajstić information content (AvgIpc) is 3.38. The highest BCUT2D eigenvalue weighted by Gasteiger charge is 2.53. The average molecular weight is 335 g/mol. The predicted octanol–water partition coefficient (Wildman–Crippen LogP) is 2.24. The van der Waals surface area contributed by atoms with Gasteiger partial charge >= 0.3 is 5.97 Å². The lowest BCUT2D eigenvalue weighted by Crippen LogP contribution is -2.20. The number of aromatic nitrogens is 4. The number of nitrogens with two attached hydrogens (primary N) is 1. The molecular weight excluding hydrogens is 318 g/mol. The summed E-state index contributed by atoms with van der Waals surface area (Å²) in [6.45, 7) is 0. The monoisotopic (exact) mass is 335 g/mol. The van der Waals surface area contributed by atoms with E-state index in [-0.39, 0.29) is 0 Å². The van der Waals surface area contributed by atoms with Gasteiger partial charge in [-0.25, -0.2) is 0 Å². The van der Waals surface area contributed by atoms with E-state index in [0.29, 0.717) is 24.4 Å². The number of carboxylic acids is 1. The van der Waals surface area contributed by atoms with Crippen LogP contribution in [0.3, 0.4) is 0 Å². The van der Waals surface area contributed by atoms with Crippen molar-refractivity contribution in [1.29, 1.82) is 0 Å². The molecule has 7 heteroatoms. The molecule has 0 spiro atoms. The third-order valence-corrected chi connectivity index (χ3v) is 4.77. The number of hydrogen-bond acceptors (Lipinski definition) is 5. The molecule has 1 fully saturated rings. The van der Waals surface area contributed by atoms with Crippen molar-refractivity contribution in [3.8, 4) is 22.4 Å².